The molecule has 0 aliphatic rings. The number of nitrogen functional groups attached to an aromatic ring is 1. The Bertz CT molecular complexity index is 387. The van der Waals surface area contributed by atoms with Gasteiger partial charge in [0.05, 0.1) is 12.6 Å². The zero-order valence-electron chi connectivity index (χ0n) is 9.90. The maximum absolute atomic E-state index is 13.1. The van der Waals surface area contributed by atoms with Crippen LogP contribution in [0.1, 0.15) is 24.2 Å². The van der Waals surface area contributed by atoms with Crippen LogP contribution in [0.4, 0.5) is 10.1 Å². The average Bonchev–Trinajstić information content (AvgIpc) is 2.23. The van der Waals surface area contributed by atoms with E-state index in [4.69, 9.17) is 10.8 Å². The first-order valence-electron chi connectivity index (χ1n) is 5.42. The fraction of sp³-hybridized carbons (Fsp3) is 0.417. The van der Waals surface area contributed by atoms with Gasteiger partial charge in [0.15, 0.2) is 0 Å². The molecule has 0 spiro atoms. The molecule has 0 saturated heterocycles. The van der Waals surface area contributed by atoms with Crippen molar-refractivity contribution in [3.05, 3.63) is 29.6 Å². The second-order valence-corrected chi connectivity index (χ2v) is 4.28. The van der Waals surface area contributed by atoms with Crippen LogP contribution in [0.3, 0.4) is 0 Å². The third-order valence-electron chi connectivity index (χ3n) is 2.50. The highest BCUT2D eigenvalue weighted by molar-refractivity contribution is 5.95. The summed E-state index contributed by atoms with van der Waals surface area (Å²) in [5, 5.41) is 11.7. The van der Waals surface area contributed by atoms with Gasteiger partial charge in [0, 0.05) is 11.3 Å². The highest BCUT2D eigenvalue weighted by Crippen LogP contribution is 2.11. The standard InChI is InChI=1S/C12H17FN2O2/c1-7(2)11(6-16)15-12(17)8-3-9(13)5-10(14)4-8/h3-5,7,11,16H,6,14H2,1-2H3,(H,15,17). The van der Waals surface area contributed by atoms with E-state index in [-0.39, 0.29) is 29.8 Å². The van der Waals surface area contributed by atoms with E-state index in [1.807, 2.05) is 13.8 Å². The third kappa shape index (κ3) is 3.71. The summed E-state index contributed by atoms with van der Waals surface area (Å²) in [5.41, 5.74) is 5.80. The van der Waals surface area contributed by atoms with E-state index in [0.717, 1.165) is 12.1 Å². The summed E-state index contributed by atoms with van der Waals surface area (Å²) in [6.07, 6.45) is 0. The molecular formula is C12H17FN2O2. The van der Waals surface area contributed by atoms with Crippen molar-refractivity contribution in [3.8, 4) is 0 Å². The molecule has 94 valence electrons. The smallest absolute Gasteiger partial charge is 0.251 e. The lowest BCUT2D eigenvalue weighted by Gasteiger charge is -2.19. The summed E-state index contributed by atoms with van der Waals surface area (Å²) in [4.78, 5) is 11.8. The van der Waals surface area contributed by atoms with E-state index in [2.05, 4.69) is 5.32 Å². The summed E-state index contributed by atoms with van der Waals surface area (Å²) >= 11 is 0. The lowest BCUT2D eigenvalue weighted by molar-refractivity contribution is 0.0896. The summed E-state index contributed by atoms with van der Waals surface area (Å²) in [6, 6.07) is 3.29. The van der Waals surface area contributed by atoms with Crippen molar-refractivity contribution in [2.75, 3.05) is 12.3 Å². The van der Waals surface area contributed by atoms with Crippen LogP contribution in [0.5, 0.6) is 0 Å². The minimum Gasteiger partial charge on any atom is -0.399 e. The first-order chi connectivity index (χ1) is 7.93. The molecule has 4 nitrogen and oxygen atoms in total. The van der Waals surface area contributed by atoms with Gasteiger partial charge in [0.2, 0.25) is 0 Å². The first kappa shape index (κ1) is 13.4. The largest absolute Gasteiger partial charge is 0.399 e. The predicted octanol–water partition coefficient (Wildman–Crippen LogP) is 1.15. The van der Waals surface area contributed by atoms with E-state index in [1.54, 1.807) is 0 Å². The van der Waals surface area contributed by atoms with Crippen LogP contribution in [-0.4, -0.2) is 23.7 Å². The Hall–Kier alpha value is -1.62. The van der Waals surface area contributed by atoms with Crippen molar-refractivity contribution in [3.63, 3.8) is 0 Å². The zero-order chi connectivity index (χ0) is 13.0. The molecule has 1 aromatic rings. The fourth-order valence-electron chi connectivity index (χ4n) is 1.42. The Morgan fingerprint density at radius 3 is 2.59 bits per heavy atom. The first-order valence-corrected chi connectivity index (χ1v) is 5.42. The predicted molar refractivity (Wildman–Crippen MR) is 64.0 cm³/mol. The fourth-order valence-corrected chi connectivity index (χ4v) is 1.42. The molecule has 0 bridgehead atoms. The molecule has 0 radical (unpaired) electrons. The van der Waals surface area contributed by atoms with Crippen LogP contribution >= 0.6 is 0 Å². The molecule has 0 aliphatic heterocycles. The van der Waals surface area contributed by atoms with Crippen molar-refractivity contribution < 1.29 is 14.3 Å². The lowest BCUT2D eigenvalue weighted by atomic mass is 10.0. The van der Waals surface area contributed by atoms with Crippen molar-refractivity contribution >= 4 is 11.6 Å². The minimum atomic E-state index is -0.555. The molecule has 1 atom stereocenters. The van der Waals surface area contributed by atoms with Gasteiger partial charge >= 0.3 is 0 Å². The van der Waals surface area contributed by atoms with Gasteiger partial charge in [-0.1, -0.05) is 13.8 Å². The topological polar surface area (TPSA) is 75.3 Å². The van der Waals surface area contributed by atoms with E-state index in [9.17, 15) is 9.18 Å². The van der Waals surface area contributed by atoms with Crippen LogP contribution < -0.4 is 11.1 Å². The molecule has 0 fully saturated rings. The number of nitrogens with two attached hydrogens (primary N) is 1. The number of benzene rings is 1. The number of hydrogen-bond acceptors (Lipinski definition) is 3. The number of hydrogen-bond donors (Lipinski definition) is 3. The van der Waals surface area contributed by atoms with Gasteiger partial charge in [-0.05, 0) is 24.1 Å². The molecule has 1 rings (SSSR count). The number of nitrogens with one attached hydrogen (secondary N) is 1. The highest BCUT2D eigenvalue weighted by Gasteiger charge is 2.16. The molecule has 17 heavy (non-hydrogen) atoms. The van der Waals surface area contributed by atoms with Crippen molar-refractivity contribution in [1.29, 1.82) is 0 Å². The molecule has 4 N–H and O–H groups in total. The summed E-state index contributed by atoms with van der Waals surface area (Å²) < 4.78 is 13.1. The summed E-state index contributed by atoms with van der Waals surface area (Å²) in [6.45, 7) is 3.59. The lowest BCUT2D eigenvalue weighted by Crippen LogP contribution is -2.41. The minimum absolute atomic E-state index is 0.0925. The van der Waals surface area contributed by atoms with Gasteiger partial charge < -0.3 is 16.2 Å². The zero-order valence-corrected chi connectivity index (χ0v) is 9.90. The van der Waals surface area contributed by atoms with Gasteiger partial charge in [-0.2, -0.15) is 0 Å². The highest BCUT2D eigenvalue weighted by atomic mass is 19.1. The monoisotopic (exact) mass is 240 g/mol. The Kier molecular flexibility index (Phi) is 4.45. The number of carbonyl (C=O) groups is 1. The third-order valence-corrected chi connectivity index (χ3v) is 2.50. The van der Waals surface area contributed by atoms with E-state index in [1.165, 1.54) is 6.07 Å². The SMILES string of the molecule is CC(C)C(CO)NC(=O)c1cc(N)cc(F)c1. The van der Waals surface area contributed by atoms with E-state index < -0.39 is 11.7 Å². The van der Waals surface area contributed by atoms with Crippen LogP contribution in [0.2, 0.25) is 0 Å². The quantitative estimate of drug-likeness (QED) is 0.691. The normalized spacial score (nSPS) is 12.5. The molecule has 0 heterocycles. The number of rotatable bonds is 4. The Balaban J connectivity index is 2.82. The maximum atomic E-state index is 13.1. The molecular weight excluding hydrogens is 223 g/mol. The molecule has 0 aliphatic carbocycles. The number of amides is 1. The van der Waals surface area contributed by atoms with Crippen molar-refractivity contribution in [2.45, 2.75) is 19.9 Å². The van der Waals surface area contributed by atoms with Crippen LogP contribution in [0.15, 0.2) is 18.2 Å². The molecule has 1 amide bonds. The molecule has 5 heteroatoms. The molecule has 1 unspecified atom stereocenters. The molecule has 0 aromatic heterocycles. The van der Waals surface area contributed by atoms with Gasteiger partial charge in [0.25, 0.3) is 5.91 Å². The van der Waals surface area contributed by atoms with Gasteiger partial charge in [-0.3, -0.25) is 4.79 Å². The van der Waals surface area contributed by atoms with E-state index in [0.29, 0.717) is 0 Å². The van der Waals surface area contributed by atoms with Gasteiger partial charge in [-0.25, -0.2) is 4.39 Å². The number of halogens is 1. The van der Waals surface area contributed by atoms with Gasteiger partial charge in [0.1, 0.15) is 5.82 Å². The second kappa shape index (κ2) is 5.63. The Morgan fingerprint density at radius 2 is 2.12 bits per heavy atom. The Morgan fingerprint density at radius 1 is 1.47 bits per heavy atom. The van der Waals surface area contributed by atoms with Crippen molar-refractivity contribution in [2.24, 2.45) is 5.92 Å². The average molecular weight is 240 g/mol. The van der Waals surface area contributed by atoms with Gasteiger partial charge in [-0.15, -0.1) is 0 Å². The van der Waals surface area contributed by atoms with Crippen LogP contribution in [0.25, 0.3) is 0 Å². The van der Waals surface area contributed by atoms with Crippen molar-refractivity contribution in [1.82, 2.24) is 5.32 Å². The second-order valence-electron chi connectivity index (χ2n) is 4.28. The number of aliphatic hydroxyl groups excluding tert-OH is 1. The van der Waals surface area contributed by atoms with Crippen LogP contribution in [-0.2, 0) is 0 Å². The maximum Gasteiger partial charge on any atom is 0.251 e. The number of aliphatic hydroxyl groups is 1. The van der Waals surface area contributed by atoms with Crippen LogP contribution in [0, 0.1) is 11.7 Å². The Labute approximate surface area is 99.6 Å². The van der Waals surface area contributed by atoms with E-state index >= 15 is 0 Å². The number of anilines is 1. The summed E-state index contributed by atoms with van der Waals surface area (Å²) in [5.74, 6) is -0.904. The summed E-state index contributed by atoms with van der Waals surface area (Å²) in [7, 11) is 0. The molecule has 0 saturated carbocycles. The molecule has 1 aromatic carbocycles. The number of carbonyl (C=O) groups excluding carboxylic acids is 1.